The summed E-state index contributed by atoms with van der Waals surface area (Å²) < 4.78 is 13.0. The van der Waals surface area contributed by atoms with Gasteiger partial charge in [-0.15, -0.1) is 0 Å². The number of halogens is 1. The molecule has 1 saturated heterocycles. The highest BCUT2D eigenvalue weighted by atomic mass is 19.1. The second-order valence-electron chi connectivity index (χ2n) is 6.75. The fourth-order valence-electron chi connectivity index (χ4n) is 3.36. The van der Waals surface area contributed by atoms with Gasteiger partial charge in [-0.3, -0.25) is 9.69 Å². The Bertz CT molecular complexity index is 705. The van der Waals surface area contributed by atoms with Gasteiger partial charge in [0, 0.05) is 38.6 Å². The SMILES string of the molecule is CN(Cc1ccc(F)cc1)C(=O)CN1C[C@@H](N)[C@H](c2ccccc2)C1. The number of rotatable bonds is 5. The molecule has 1 heterocycles. The second kappa shape index (κ2) is 7.76. The monoisotopic (exact) mass is 341 g/mol. The van der Waals surface area contributed by atoms with Gasteiger partial charge in [0.05, 0.1) is 6.54 Å². The lowest BCUT2D eigenvalue weighted by Gasteiger charge is -2.21. The quantitative estimate of drug-likeness (QED) is 0.907. The minimum atomic E-state index is -0.268. The summed E-state index contributed by atoms with van der Waals surface area (Å²) in [6.45, 7) is 2.34. The molecule has 2 aromatic rings. The normalized spacial score (nSPS) is 20.6. The van der Waals surface area contributed by atoms with Crippen molar-refractivity contribution >= 4 is 5.91 Å². The maximum Gasteiger partial charge on any atom is 0.236 e. The van der Waals surface area contributed by atoms with Crippen molar-refractivity contribution in [3.63, 3.8) is 0 Å². The van der Waals surface area contributed by atoms with Gasteiger partial charge < -0.3 is 10.6 Å². The fourth-order valence-corrected chi connectivity index (χ4v) is 3.36. The number of likely N-dealkylation sites (tertiary alicyclic amines) is 1. The van der Waals surface area contributed by atoms with E-state index in [1.54, 1.807) is 24.1 Å². The van der Waals surface area contributed by atoms with E-state index in [-0.39, 0.29) is 23.7 Å². The predicted octanol–water partition coefficient (Wildman–Crippen LogP) is 2.21. The van der Waals surface area contributed by atoms with Gasteiger partial charge in [-0.05, 0) is 23.3 Å². The minimum absolute atomic E-state index is 0.0394. The summed E-state index contributed by atoms with van der Waals surface area (Å²) in [5.74, 6) is 0.0392. The molecule has 1 aliphatic rings. The molecule has 25 heavy (non-hydrogen) atoms. The molecule has 0 saturated carbocycles. The van der Waals surface area contributed by atoms with Crippen LogP contribution in [0.15, 0.2) is 54.6 Å². The van der Waals surface area contributed by atoms with Crippen LogP contribution in [0.3, 0.4) is 0 Å². The van der Waals surface area contributed by atoms with Crippen molar-refractivity contribution in [2.24, 2.45) is 5.73 Å². The molecule has 4 nitrogen and oxygen atoms in total. The molecule has 0 spiro atoms. The average molecular weight is 341 g/mol. The number of carbonyl (C=O) groups is 1. The second-order valence-corrected chi connectivity index (χ2v) is 6.75. The van der Waals surface area contributed by atoms with Crippen LogP contribution in [0, 0.1) is 5.82 Å². The van der Waals surface area contributed by atoms with Crippen molar-refractivity contribution in [1.82, 2.24) is 9.80 Å². The zero-order valence-corrected chi connectivity index (χ0v) is 14.4. The summed E-state index contributed by atoms with van der Waals surface area (Å²) in [5.41, 5.74) is 8.43. The highest BCUT2D eigenvalue weighted by molar-refractivity contribution is 5.78. The van der Waals surface area contributed by atoms with Gasteiger partial charge in [0.1, 0.15) is 5.82 Å². The summed E-state index contributed by atoms with van der Waals surface area (Å²) in [4.78, 5) is 16.3. The molecule has 1 fully saturated rings. The molecule has 0 radical (unpaired) electrons. The molecule has 0 bridgehead atoms. The van der Waals surface area contributed by atoms with Crippen LogP contribution in [-0.2, 0) is 11.3 Å². The molecule has 2 aromatic carbocycles. The number of hydrogen-bond donors (Lipinski definition) is 1. The Hall–Kier alpha value is -2.24. The number of likely N-dealkylation sites (N-methyl/N-ethyl adjacent to an activating group) is 1. The molecule has 0 aliphatic carbocycles. The standard InChI is InChI=1S/C20H24FN3O/c1-23(11-15-7-9-17(21)10-8-15)20(25)14-24-12-18(19(22)13-24)16-5-3-2-4-6-16/h2-10,18-19H,11-14,22H2,1H3/t18-,19+/m0/s1. The molecular weight excluding hydrogens is 317 g/mol. The Kier molecular flexibility index (Phi) is 5.46. The Morgan fingerprint density at radius 2 is 1.84 bits per heavy atom. The van der Waals surface area contributed by atoms with E-state index in [2.05, 4.69) is 17.0 Å². The van der Waals surface area contributed by atoms with Crippen molar-refractivity contribution in [2.75, 3.05) is 26.7 Å². The van der Waals surface area contributed by atoms with Gasteiger partial charge in [0.15, 0.2) is 0 Å². The molecule has 132 valence electrons. The number of carbonyl (C=O) groups excluding carboxylic acids is 1. The molecule has 1 aliphatic heterocycles. The lowest BCUT2D eigenvalue weighted by atomic mass is 9.95. The maximum absolute atomic E-state index is 13.0. The first-order valence-corrected chi connectivity index (χ1v) is 8.54. The smallest absolute Gasteiger partial charge is 0.236 e. The van der Waals surface area contributed by atoms with Crippen LogP contribution in [0.25, 0.3) is 0 Å². The Balaban J connectivity index is 1.55. The van der Waals surface area contributed by atoms with Crippen LogP contribution in [-0.4, -0.2) is 48.4 Å². The highest BCUT2D eigenvalue weighted by Crippen LogP contribution is 2.26. The number of amides is 1. The first kappa shape index (κ1) is 17.6. The third-order valence-electron chi connectivity index (χ3n) is 4.79. The molecule has 0 aromatic heterocycles. The van der Waals surface area contributed by atoms with Crippen molar-refractivity contribution in [3.05, 3.63) is 71.5 Å². The van der Waals surface area contributed by atoms with Crippen molar-refractivity contribution in [2.45, 2.75) is 18.5 Å². The number of nitrogens with zero attached hydrogens (tertiary/aromatic N) is 2. The van der Waals surface area contributed by atoms with E-state index in [0.29, 0.717) is 13.1 Å². The van der Waals surface area contributed by atoms with Gasteiger partial charge in [0.2, 0.25) is 5.91 Å². The van der Waals surface area contributed by atoms with Crippen molar-refractivity contribution < 1.29 is 9.18 Å². The lowest BCUT2D eigenvalue weighted by Crippen LogP contribution is -2.38. The lowest BCUT2D eigenvalue weighted by molar-refractivity contribution is -0.131. The van der Waals surface area contributed by atoms with Gasteiger partial charge in [-0.25, -0.2) is 4.39 Å². The number of hydrogen-bond acceptors (Lipinski definition) is 3. The Morgan fingerprint density at radius 1 is 1.16 bits per heavy atom. The maximum atomic E-state index is 13.0. The van der Waals surface area contributed by atoms with Crippen LogP contribution in [0.4, 0.5) is 4.39 Å². The van der Waals surface area contributed by atoms with E-state index < -0.39 is 0 Å². The van der Waals surface area contributed by atoms with Gasteiger partial charge in [0.25, 0.3) is 0 Å². The van der Waals surface area contributed by atoms with Crippen LogP contribution >= 0.6 is 0 Å². The minimum Gasteiger partial charge on any atom is -0.340 e. The third-order valence-corrected chi connectivity index (χ3v) is 4.79. The van der Waals surface area contributed by atoms with Crippen LogP contribution in [0.5, 0.6) is 0 Å². The van der Waals surface area contributed by atoms with Crippen molar-refractivity contribution in [3.8, 4) is 0 Å². The largest absolute Gasteiger partial charge is 0.340 e. The fraction of sp³-hybridized carbons (Fsp3) is 0.350. The van der Waals surface area contributed by atoms with E-state index in [1.807, 2.05) is 18.2 Å². The molecule has 0 unspecified atom stereocenters. The zero-order valence-electron chi connectivity index (χ0n) is 14.4. The number of benzene rings is 2. The molecule has 2 atom stereocenters. The first-order valence-electron chi connectivity index (χ1n) is 8.54. The van der Waals surface area contributed by atoms with E-state index in [1.165, 1.54) is 17.7 Å². The van der Waals surface area contributed by atoms with Crippen LogP contribution in [0.2, 0.25) is 0 Å². The molecule has 2 N–H and O–H groups in total. The Morgan fingerprint density at radius 3 is 2.52 bits per heavy atom. The van der Waals surface area contributed by atoms with Crippen LogP contribution < -0.4 is 5.73 Å². The number of nitrogens with two attached hydrogens (primary N) is 1. The van der Waals surface area contributed by atoms with E-state index in [9.17, 15) is 9.18 Å². The van der Waals surface area contributed by atoms with Crippen LogP contribution in [0.1, 0.15) is 17.0 Å². The summed E-state index contributed by atoms with van der Waals surface area (Å²) in [6, 6.07) is 16.5. The topological polar surface area (TPSA) is 49.6 Å². The Labute approximate surface area is 148 Å². The van der Waals surface area contributed by atoms with E-state index in [4.69, 9.17) is 5.73 Å². The first-order chi connectivity index (χ1) is 12.0. The van der Waals surface area contributed by atoms with Gasteiger partial charge >= 0.3 is 0 Å². The highest BCUT2D eigenvalue weighted by Gasteiger charge is 2.32. The summed E-state index contributed by atoms with van der Waals surface area (Å²) in [6.07, 6.45) is 0. The van der Waals surface area contributed by atoms with Crippen molar-refractivity contribution in [1.29, 1.82) is 0 Å². The molecular formula is C20H24FN3O. The van der Waals surface area contributed by atoms with Gasteiger partial charge in [-0.2, -0.15) is 0 Å². The summed E-state index contributed by atoms with van der Waals surface area (Å²) in [7, 11) is 1.77. The zero-order chi connectivity index (χ0) is 17.8. The van der Waals surface area contributed by atoms with E-state index >= 15 is 0 Å². The molecule has 1 amide bonds. The van der Waals surface area contributed by atoms with E-state index in [0.717, 1.165) is 18.7 Å². The summed E-state index contributed by atoms with van der Waals surface area (Å²) in [5, 5.41) is 0. The predicted molar refractivity (Wildman–Crippen MR) is 96.5 cm³/mol. The average Bonchev–Trinajstić information content (AvgIpc) is 2.98. The molecule has 3 rings (SSSR count). The molecule has 5 heteroatoms. The van der Waals surface area contributed by atoms with Gasteiger partial charge in [-0.1, -0.05) is 42.5 Å². The third kappa shape index (κ3) is 4.44. The summed E-state index contributed by atoms with van der Waals surface area (Å²) >= 11 is 0.